The minimum atomic E-state index is -0.195. The summed E-state index contributed by atoms with van der Waals surface area (Å²) in [4.78, 5) is 30.5. The highest BCUT2D eigenvalue weighted by molar-refractivity contribution is 5.75. The lowest BCUT2D eigenvalue weighted by Gasteiger charge is -2.06. The third kappa shape index (κ3) is 38.5. The van der Waals surface area contributed by atoms with Gasteiger partial charge in [-0.1, -0.05) is 34.1 Å². The van der Waals surface area contributed by atoms with Crippen molar-refractivity contribution < 1.29 is 23.9 Å². The van der Waals surface area contributed by atoms with Gasteiger partial charge in [0, 0.05) is 20.3 Å². The fourth-order valence-corrected chi connectivity index (χ4v) is 1.30. The van der Waals surface area contributed by atoms with Gasteiger partial charge in [0.15, 0.2) is 0 Å². The number of ketones is 1. The van der Waals surface area contributed by atoms with Crippen molar-refractivity contribution in [1.82, 2.24) is 0 Å². The second-order valence-electron chi connectivity index (χ2n) is 5.82. The van der Waals surface area contributed by atoms with E-state index in [9.17, 15) is 14.4 Å². The van der Waals surface area contributed by atoms with Crippen molar-refractivity contribution in [3.8, 4) is 0 Å². The van der Waals surface area contributed by atoms with Gasteiger partial charge in [-0.15, -0.1) is 0 Å². The highest BCUT2D eigenvalue weighted by atomic mass is 16.5. The van der Waals surface area contributed by atoms with Crippen molar-refractivity contribution in [2.24, 2.45) is 5.92 Å². The van der Waals surface area contributed by atoms with Crippen LogP contribution in [0, 0.1) is 5.92 Å². The zero-order valence-corrected chi connectivity index (χ0v) is 16.2. The van der Waals surface area contributed by atoms with Crippen LogP contribution >= 0.6 is 0 Å². The zero-order chi connectivity index (χ0) is 18.8. The van der Waals surface area contributed by atoms with Crippen LogP contribution in [0.15, 0.2) is 0 Å². The molecule has 0 N–H and O–H groups in total. The highest BCUT2D eigenvalue weighted by Gasteiger charge is 1.99. The van der Waals surface area contributed by atoms with Crippen LogP contribution in [-0.2, 0) is 23.9 Å². The van der Waals surface area contributed by atoms with Crippen LogP contribution in [0.4, 0.5) is 0 Å². The Kier molecular flexibility index (Phi) is 21.5. The average molecular weight is 332 g/mol. The molecule has 0 aromatic carbocycles. The van der Waals surface area contributed by atoms with E-state index < -0.39 is 0 Å². The van der Waals surface area contributed by atoms with Crippen LogP contribution in [0.2, 0.25) is 0 Å². The molecule has 23 heavy (non-hydrogen) atoms. The number of hydrogen-bond donors (Lipinski definition) is 0. The zero-order valence-electron chi connectivity index (χ0n) is 16.2. The van der Waals surface area contributed by atoms with Gasteiger partial charge < -0.3 is 14.3 Å². The number of unbranched alkanes of at least 4 members (excludes halogenated alkanes) is 1. The van der Waals surface area contributed by atoms with Gasteiger partial charge in [0.2, 0.25) is 0 Å². The molecular weight excluding hydrogens is 296 g/mol. The monoisotopic (exact) mass is 332 g/mol. The minimum absolute atomic E-state index is 0.0764. The van der Waals surface area contributed by atoms with Crippen LogP contribution < -0.4 is 0 Å². The lowest BCUT2D eigenvalue weighted by atomic mass is 10.1. The van der Waals surface area contributed by atoms with E-state index in [-0.39, 0.29) is 23.8 Å². The average Bonchev–Trinajstić information content (AvgIpc) is 2.37. The second kappa shape index (κ2) is 18.7. The Bertz CT molecular complexity index is 311. The molecule has 0 spiro atoms. The molecule has 0 saturated carbocycles. The third-order valence-corrected chi connectivity index (χ3v) is 2.44. The normalized spacial score (nSPS) is 10.5. The quantitative estimate of drug-likeness (QED) is 0.513. The molecular formula is C18H36O5. The number of hydrogen-bond acceptors (Lipinski definition) is 5. The van der Waals surface area contributed by atoms with Crippen LogP contribution in [0.1, 0.15) is 81.1 Å². The van der Waals surface area contributed by atoms with E-state index in [1.54, 1.807) is 6.92 Å². The summed E-state index contributed by atoms with van der Waals surface area (Å²) in [5.41, 5.74) is 0. The van der Waals surface area contributed by atoms with Gasteiger partial charge in [0.05, 0.1) is 12.7 Å². The summed E-state index contributed by atoms with van der Waals surface area (Å²) in [6, 6.07) is 0. The first-order valence-electron chi connectivity index (χ1n) is 8.36. The van der Waals surface area contributed by atoms with Gasteiger partial charge in [0.25, 0.3) is 0 Å². The summed E-state index contributed by atoms with van der Waals surface area (Å²) in [7, 11) is 0. The molecule has 0 aliphatic heterocycles. The summed E-state index contributed by atoms with van der Waals surface area (Å²) in [6.07, 6.45) is 3.74. The van der Waals surface area contributed by atoms with Gasteiger partial charge in [-0.05, 0) is 32.6 Å². The maximum atomic E-state index is 10.3. The minimum Gasteiger partial charge on any atom is -0.466 e. The number of carbonyl (C=O) groups is 3. The van der Waals surface area contributed by atoms with E-state index >= 15 is 0 Å². The van der Waals surface area contributed by atoms with Crippen molar-refractivity contribution in [3.05, 3.63) is 0 Å². The maximum Gasteiger partial charge on any atom is 0.302 e. The van der Waals surface area contributed by atoms with Crippen LogP contribution in [0.3, 0.4) is 0 Å². The smallest absolute Gasteiger partial charge is 0.302 e. The molecule has 0 radical (unpaired) electrons. The largest absolute Gasteiger partial charge is 0.466 e. The first kappa shape index (κ1) is 26.5. The molecule has 1 unspecified atom stereocenters. The van der Waals surface area contributed by atoms with E-state index in [2.05, 4.69) is 11.7 Å². The van der Waals surface area contributed by atoms with Gasteiger partial charge in [-0.3, -0.25) is 9.59 Å². The summed E-state index contributed by atoms with van der Waals surface area (Å²) in [5, 5.41) is 0. The Hall–Kier alpha value is -1.39. The molecule has 0 aromatic rings. The van der Waals surface area contributed by atoms with Gasteiger partial charge in [0.1, 0.15) is 5.78 Å². The Morgan fingerprint density at radius 2 is 1.43 bits per heavy atom. The van der Waals surface area contributed by atoms with E-state index in [0.717, 1.165) is 25.7 Å². The van der Waals surface area contributed by atoms with E-state index in [0.29, 0.717) is 12.5 Å². The molecule has 0 rings (SSSR count). The summed E-state index contributed by atoms with van der Waals surface area (Å²) in [6.45, 7) is 15.1. The summed E-state index contributed by atoms with van der Waals surface area (Å²) in [5.74, 6) is 0.435. The Labute approximate surface area is 142 Å². The Balaban J connectivity index is -0.000000262. The topological polar surface area (TPSA) is 69.7 Å². The van der Waals surface area contributed by atoms with E-state index in [4.69, 9.17) is 4.74 Å². The van der Waals surface area contributed by atoms with Crippen molar-refractivity contribution in [2.75, 3.05) is 6.61 Å². The maximum absolute atomic E-state index is 10.3. The standard InChI is InChI=1S/2C6H12O2.C6H12O/c1-4-5(2)8-6(3)7;1-3-4-5-8-6(2)7;1-5(2)4-6(3)7/h5H,4H2,1-3H3;3-5H2,1-2H3;5H,4H2,1-3H3. The predicted molar refractivity (Wildman–Crippen MR) is 93.2 cm³/mol. The first-order chi connectivity index (χ1) is 10.6. The molecule has 0 heterocycles. The number of ether oxygens (including phenoxy) is 2. The Morgan fingerprint density at radius 3 is 1.61 bits per heavy atom. The van der Waals surface area contributed by atoms with Crippen molar-refractivity contribution in [3.63, 3.8) is 0 Å². The van der Waals surface area contributed by atoms with Crippen LogP contribution in [0.5, 0.6) is 0 Å². The number of carbonyl (C=O) groups excluding carboxylic acids is 3. The van der Waals surface area contributed by atoms with Gasteiger partial charge in [-0.2, -0.15) is 0 Å². The fraction of sp³-hybridized carbons (Fsp3) is 0.833. The summed E-state index contributed by atoms with van der Waals surface area (Å²) < 4.78 is 9.40. The molecule has 0 aliphatic rings. The predicted octanol–water partition coefficient (Wildman–Crippen LogP) is 4.32. The van der Waals surface area contributed by atoms with Crippen LogP contribution in [0.25, 0.3) is 0 Å². The van der Waals surface area contributed by atoms with E-state index in [1.807, 2.05) is 27.7 Å². The van der Waals surface area contributed by atoms with Crippen LogP contribution in [-0.4, -0.2) is 30.4 Å². The molecule has 5 nitrogen and oxygen atoms in total. The lowest BCUT2D eigenvalue weighted by Crippen LogP contribution is -2.09. The lowest BCUT2D eigenvalue weighted by molar-refractivity contribution is -0.145. The number of Topliss-reactive ketones (excluding diaryl/α,β-unsaturated/α-hetero) is 1. The van der Waals surface area contributed by atoms with Gasteiger partial charge in [-0.25, -0.2) is 0 Å². The van der Waals surface area contributed by atoms with Crippen molar-refractivity contribution >= 4 is 17.7 Å². The number of esters is 2. The molecule has 0 aromatic heterocycles. The molecule has 1 atom stereocenters. The first-order valence-corrected chi connectivity index (χ1v) is 8.36. The highest BCUT2D eigenvalue weighted by Crippen LogP contribution is 1.97. The molecule has 0 bridgehead atoms. The molecule has 0 fully saturated rings. The molecule has 0 saturated heterocycles. The van der Waals surface area contributed by atoms with E-state index in [1.165, 1.54) is 13.8 Å². The molecule has 138 valence electrons. The Morgan fingerprint density at radius 1 is 0.913 bits per heavy atom. The summed E-state index contributed by atoms with van der Waals surface area (Å²) >= 11 is 0. The fourth-order valence-electron chi connectivity index (χ4n) is 1.30. The molecule has 0 amide bonds. The molecule has 5 heteroatoms. The third-order valence-electron chi connectivity index (χ3n) is 2.44. The van der Waals surface area contributed by atoms with Crippen molar-refractivity contribution in [1.29, 1.82) is 0 Å². The van der Waals surface area contributed by atoms with Crippen molar-refractivity contribution in [2.45, 2.75) is 87.2 Å². The number of rotatable bonds is 7. The van der Waals surface area contributed by atoms with Gasteiger partial charge >= 0.3 is 11.9 Å². The SMILES string of the molecule is CC(=O)CC(C)C.CCC(C)OC(C)=O.CCCCOC(C)=O. The molecule has 0 aliphatic carbocycles. The second-order valence-corrected chi connectivity index (χ2v) is 5.82.